The van der Waals surface area contributed by atoms with Crippen molar-refractivity contribution in [2.75, 3.05) is 6.61 Å². The lowest BCUT2D eigenvalue weighted by atomic mass is 9.94. The molecule has 1 N–H and O–H groups in total. The number of hydrogen-bond donors (Lipinski definition) is 1. The van der Waals surface area contributed by atoms with Crippen LogP contribution in [0.3, 0.4) is 0 Å². The first kappa shape index (κ1) is 23.1. The number of benzene rings is 1. The second-order valence-corrected chi connectivity index (χ2v) is 12.0. The minimum atomic E-state index is 0.0412. The van der Waals surface area contributed by atoms with Crippen molar-refractivity contribution in [2.45, 2.75) is 44.6 Å². The summed E-state index contributed by atoms with van der Waals surface area (Å²) in [5.41, 5.74) is 1.91. The highest BCUT2D eigenvalue weighted by Crippen LogP contribution is 2.49. The molecule has 1 amide bonds. The quantitative estimate of drug-likeness (QED) is 0.212. The molecule has 1 aromatic heterocycles. The number of fused-ring (bicyclic) bond motifs is 2. The van der Waals surface area contributed by atoms with Crippen molar-refractivity contribution >= 4 is 63.2 Å². The van der Waals surface area contributed by atoms with E-state index in [1.807, 2.05) is 35.2 Å². The second-order valence-electron chi connectivity index (χ2n) is 8.82. The summed E-state index contributed by atoms with van der Waals surface area (Å²) in [6.45, 7) is 0.129. The molecule has 2 saturated carbocycles. The molecule has 3 fully saturated rings. The summed E-state index contributed by atoms with van der Waals surface area (Å²) in [5.74, 6) is 7.79. The standard InChI is InChI=1S/C26H24ClNO2S3/c27-20-7-4-6-18(13-20)22-14-19(5-2-1-3-10-29)23(32-22)15-24-25(30)28(26(31)33-24)21-12-16-8-9-17(21)11-16/h4,6-7,13-17,21,29H,1,3,8-12H2/b24-15-. The minimum absolute atomic E-state index is 0.0412. The highest BCUT2D eigenvalue weighted by Gasteiger charge is 2.47. The monoisotopic (exact) mass is 513 g/mol. The molecule has 1 saturated heterocycles. The van der Waals surface area contributed by atoms with Gasteiger partial charge < -0.3 is 5.11 Å². The van der Waals surface area contributed by atoms with Crippen molar-refractivity contribution in [3.8, 4) is 22.3 Å². The normalized spacial score (nSPS) is 25.2. The van der Waals surface area contributed by atoms with Gasteiger partial charge in [0.25, 0.3) is 5.91 Å². The molecule has 3 aliphatic rings. The first-order valence-electron chi connectivity index (χ1n) is 11.3. The molecule has 1 aliphatic heterocycles. The van der Waals surface area contributed by atoms with Crippen molar-refractivity contribution in [2.24, 2.45) is 11.8 Å². The van der Waals surface area contributed by atoms with Crippen LogP contribution in [-0.4, -0.2) is 32.9 Å². The number of aliphatic hydroxyl groups excluding tert-OH is 1. The smallest absolute Gasteiger partial charge is 0.266 e. The van der Waals surface area contributed by atoms with Gasteiger partial charge in [-0.05, 0) is 67.4 Å². The van der Waals surface area contributed by atoms with Crippen molar-refractivity contribution < 1.29 is 9.90 Å². The van der Waals surface area contributed by atoms with Crippen LogP contribution >= 0.6 is 46.9 Å². The van der Waals surface area contributed by atoms with Crippen molar-refractivity contribution in [3.05, 3.63) is 50.7 Å². The van der Waals surface area contributed by atoms with Gasteiger partial charge in [0.15, 0.2) is 0 Å². The Kier molecular flexibility index (Phi) is 6.96. The van der Waals surface area contributed by atoms with Crippen LogP contribution in [0.25, 0.3) is 16.5 Å². The SMILES string of the molecule is O=C1/C(=C/c2sc(-c3cccc(Cl)c3)cc2C#CCCCO)SC(=S)N1C1CC2CCC1C2. The number of amides is 1. The Balaban J connectivity index is 1.46. The van der Waals surface area contributed by atoms with Gasteiger partial charge in [-0.25, -0.2) is 0 Å². The molecule has 1 aromatic carbocycles. The number of halogens is 1. The largest absolute Gasteiger partial charge is 0.396 e. The van der Waals surface area contributed by atoms with Gasteiger partial charge in [0.05, 0.1) is 4.91 Å². The third-order valence-corrected chi connectivity index (χ3v) is 9.37. The Morgan fingerprint density at radius 1 is 1.27 bits per heavy atom. The number of carbonyl (C=O) groups is 1. The Labute approximate surface area is 213 Å². The molecule has 2 bridgehead atoms. The van der Waals surface area contributed by atoms with E-state index in [9.17, 15) is 4.79 Å². The lowest BCUT2D eigenvalue weighted by Crippen LogP contribution is -2.41. The zero-order valence-corrected chi connectivity index (χ0v) is 21.3. The lowest BCUT2D eigenvalue weighted by Gasteiger charge is -2.30. The highest BCUT2D eigenvalue weighted by molar-refractivity contribution is 8.26. The van der Waals surface area contributed by atoms with E-state index in [0.29, 0.717) is 33.0 Å². The van der Waals surface area contributed by atoms with E-state index in [1.165, 1.54) is 31.0 Å². The Hall–Kier alpha value is -1.62. The molecule has 3 atom stereocenters. The van der Waals surface area contributed by atoms with E-state index in [-0.39, 0.29) is 18.6 Å². The molecule has 3 unspecified atom stereocenters. The van der Waals surface area contributed by atoms with E-state index in [2.05, 4.69) is 17.9 Å². The van der Waals surface area contributed by atoms with Gasteiger partial charge in [0.2, 0.25) is 0 Å². The van der Waals surface area contributed by atoms with Gasteiger partial charge in [0, 0.05) is 39.4 Å². The molecule has 0 spiro atoms. The fraction of sp³-hybridized carbons (Fsp3) is 0.385. The predicted molar refractivity (Wildman–Crippen MR) is 142 cm³/mol. The van der Waals surface area contributed by atoms with Gasteiger partial charge in [0.1, 0.15) is 4.32 Å². The summed E-state index contributed by atoms with van der Waals surface area (Å²) in [6, 6.07) is 10.1. The number of thiocarbonyl (C=S) groups is 1. The van der Waals surface area contributed by atoms with Crippen molar-refractivity contribution in [1.82, 2.24) is 4.90 Å². The van der Waals surface area contributed by atoms with Crippen LogP contribution in [0, 0.1) is 23.7 Å². The maximum Gasteiger partial charge on any atom is 0.266 e. The van der Waals surface area contributed by atoms with E-state index < -0.39 is 0 Å². The van der Waals surface area contributed by atoms with Gasteiger partial charge in [-0.3, -0.25) is 9.69 Å². The van der Waals surface area contributed by atoms with Crippen molar-refractivity contribution in [1.29, 1.82) is 0 Å². The number of nitrogens with zero attached hydrogens (tertiary/aromatic N) is 1. The first-order chi connectivity index (χ1) is 16.0. The number of aliphatic hydroxyl groups is 1. The zero-order valence-electron chi connectivity index (χ0n) is 18.1. The Morgan fingerprint density at radius 3 is 2.88 bits per heavy atom. The fourth-order valence-electron chi connectivity index (χ4n) is 5.13. The van der Waals surface area contributed by atoms with Gasteiger partial charge in [-0.1, -0.05) is 66.0 Å². The molecule has 0 radical (unpaired) electrons. The van der Waals surface area contributed by atoms with Crippen LogP contribution in [0.2, 0.25) is 5.02 Å². The first-order valence-corrected chi connectivity index (χ1v) is 13.7. The van der Waals surface area contributed by atoms with Crippen LogP contribution in [-0.2, 0) is 4.79 Å². The number of rotatable bonds is 5. The Bertz CT molecular complexity index is 1190. The molecule has 2 aromatic rings. The van der Waals surface area contributed by atoms with E-state index in [1.54, 1.807) is 11.3 Å². The summed E-state index contributed by atoms with van der Waals surface area (Å²) in [4.78, 5) is 18.0. The van der Waals surface area contributed by atoms with Crippen LogP contribution in [0.1, 0.15) is 49.0 Å². The second kappa shape index (κ2) is 9.93. The van der Waals surface area contributed by atoms with Gasteiger partial charge in [-0.15, -0.1) is 11.3 Å². The van der Waals surface area contributed by atoms with Crippen molar-refractivity contribution in [3.63, 3.8) is 0 Å². The molecule has 3 nitrogen and oxygen atoms in total. The molecule has 2 heterocycles. The fourth-order valence-corrected chi connectivity index (χ4v) is 7.81. The molecular weight excluding hydrogens is 490 g/mol. The molecule has 33 heavy (non-hydrogen) atoms. The van der Waals surface area contributed by atoms with Crippen LogP contribution in [0.15, 0.2) is 35.2 Å². The van der Waals surface area contributed by atoms with Crippen LogP contribution < -0.4 is 0 Å². The Morgan fingerprint density at radius 2 is 2.15 bits per heavy atom. The summed E-state index contributed by atoms with van der Waals surface area (Å²) in [6.07, 6.45) is 8.08. The topological polar surface area (TPSA) is 40.5 Å². The number of thiophene rings is 1. The predicted octanol–water partition coefficient (Wildman–Crippen LogP) is 6.58. The molecule has 2 aliphatic carbocycles. The highest BCUT2D eigenvalue weighted by atomic mass is 35.5. The van der Waals surface area contributed by atoms with Gasteiger partial charge in [-0.2, -0.15) is 0 Å². The molecule has 7 heteroatoms. The number of hydrogen-bond acceptors (Lipinski definition) is 5. The number of carbonyl (C=O) groups excluding carboxylic acids is 1. The summed E-state index contributed by atoms with van der Waals surface area (Å²) < 4.78 is 0.686. The van der Waals surface area contributed by atoms with Crippen LogP contribution in [0.5, 0.6) is 0 Å². The summed E-state index contributed by atoms with van der Waals surface area (Å²) in [5, 5.41) is 9.73. The van der Waals surface area contributed by atoms with E-state index in [4.69, 9.17) is 28.9 Å². The molecular formula is C26H24ClNO2S3. The van der Waals surface area contributed by atoms with E-state index in [0.717, 1.165) is 33.2 Å². The summed E-state index contributed by atoms with van der Waals surface area (Å²) >= 11 is 14.9. The summed E-state index contributed by atoms with van der Waals surface area (Å²) in [7, 11) is 0. The minimum Gasteiger partial charge on any atom is -0.396 e. The van der Waals surface area contributed by atoms with E-state index >= 15 is 0 Å². The van der Waals surface area contributed by atoms with Crippen LogP contribution in [0.4, 0.5) is 0 Å². The average molecular weight is 514 g/mol. The maximum absolute atomic E-state index is 13.4. The van der Waals surface area contributed by atoms with Gasteiger partial charge >= 0.3 is 0 Å². The number of thioether (sulfide) groups is 1. The lowest BCUT2D eigenvalue weighted by molar-refractivity contribution is -0.124. The zero-order chi connectivity index (χ0) is 22.9. The third-order valence-electron chi connectivity index (χ3n) is 6.67. The number of unbranched alkanes of at least 4 members (excludes halogenated alkanes) is 1. The average Bonchev–Trinajstić information content (AvgIpc) is 3.56. The maximum atomic E-state index is 13.4. The third kappa shape index (κ3) is 4.80. The molecule has 170 valence electrons. The molecule has 5 rings (SSSR count).